The average Bonchev–Trinajstić information content (AvgIpc) is 3.73. The first-order chi connectivity index (χ1) is 33.4. The molecule has 0 aliphatic rings. The molecule has 0 radical (unpaired) electrons. The highest BCUT2D eigenvalue weighted by Crippen LogP contribution is 2.43. The van der Waals surface area contributed by atoms with E-state index in [0.29, 0.717) is 0 Å². The molecule has 10 aromatic carbocycles. The van der Waals surface area contributed by atoms with Crippen LogP contribution in [0, 0.1) is 0 Å². The number of hydrogen-bond acceptors (Lipinski definition) is 3. The fourth-order valence-electron chi connectivity index (χ4n) is 9.66. The summed E-state index contributed by atoms with van der Waals surface area (Å²) in [5.74, 6) is 0. The molecule has 0 saturated heterocycles. The number of benzene rings is 10. The molecule has 0 atom stereocenters. The molecular weight excluding hydrogens is 837 g/mol. The summed E-state index contributed by atoms with van der Waals surface area (Å²) in [5.41, 5.74) is 18.0. The molecule has 11 aromatic rings. The molecule has 11 rings (SSSR count). The fraction of sp³-hybridized carbons (Fsp3) is 0.121. The van der Waals surface area contributed by atoms with Crippen LogP contribution in [0.5, 0.6) is 0 Å². The molecule has 0 unspecified atom stereocenters. The molecule has 0 aliphatic heterocycles. The summed E-state index contributed by atoms with van der Waals surface area (Å²) in [7, 11) is 0. The maximum atomic E-state index is 6.77. The molecule has 0 fully saturated rings. The SMILES string of the molecule is CC(C)(C)c1cccc(N(c2ccccc2)c2ccc(-c3cc(-c4ccccc4)cc(-c4ccc5cc6c(cc5c4)oc4cc(N(c5ccccc5)c5cccc(C(C)(C)C)c5)ccc46)c3)cc2)c1. The molecule has 1 aromatic heterocycles. The number of furan rings is 1. The quantitative estimate of drug-likeness (QED) is 0.144. The Hall–Kier alpha value is -8.14. The van der Waals surface area contributed by atoms with Crippen molar-refractivity contribution in [3.8, 4) is 33.4 Å². The Labute approximate surface area is 406 Å². The van der Waals surface area contributed by atoms with Crippen molar-refractivity contribution in [2.75, 3.05) is 9.80 Å². The molecule has 0 aliphatic carbocycles. The van der Waals surface area contributed by atoms with Gasteiger partial charge in [0, 0.05) is 51.0 Å². The van der Waals surface area contributed by atoms with Gasteiger partial charge in [0.15, 0.2) is 0 Å². The van der Waals surface area contributed by atoms with Gasteiger partial charge in [0.1, 0.15) is 11.2 Å². The van der Waals surface area contributed by atoms with E-state index in [4.69, 9.17) is 4.42 Å². The van der Waals surface area contributed by atoms with Crippen molar-refractivity contribution in [3.05, 3.63) is 242 Å². The van der Waals surface area contributed by atoms with Crippen molar-refractivity contribution in [1.82, 2.24) is 0 Å². The van der Waals surface area contributed by atoms with Gasteiger partial charge in [-0.05, 0) is 175 Å². The lowest BCUT2D eigenvalue weighted by molar-refractivity contribution is 0.590. The third-order valence-corrected chi connectivity index (χ3v) is 13.5. The summed E-state index contributed by atoms with van der Waals surface area (Å²) >= 11 is 0. The molecule has 3 heteroatoms. The van der Waals surface area contributed by atoms with Crippen LogP contribution in [-0.4, -0.2) is 0 Å². The first kappa shape index (κ1) is 43.4. The third-order valence-electron chi connectivity index (χ3n) is 13.5. The van der Waals surface area contributed by atoms with Gasteiger partial charge < -0.3 is 14.2 Å². The van der Waals surface area contributed by atoms with E-state index >= 15 is 0 Å². The second kappa shape index (κ2) is 17.5. The van der Waals surface area contributed by atoms with Gasteiger partial charge >= 0.3 is 0 Å². The highest BCUT2D eigenvalue weighted by atomic mass is 16.3. The van der Waals surface area contributed by atoms with Gasteiger partial charge in [-0.3, -0.25) is 0 Å². The summed E-state index contributed by atoms with van der Waals surface area (Å²) in [4.78, 5) is 4.67. The molecular formula is C66H56N2O. The van der Waals surface area contributed by atoms with Gasteiger partial charge in [-0.2, -0.15) is 0 Å². The van der Waals surface area contributed by atoms with E-state index in [0.717, 1.165) is 83.7 Å². The third kappa shape index (κ3) is 8.69. The highest BCUT2D eigenvalue weighted by molar-refractivity contribution is 6.11. The van der Waals surface area contributed by atoms with Gasteiger partial charge in [-0.25, -0.2) is 0 Å². The molecule has 3 nitrogen and oxygen atoms in total. The topological polar surface area (TPSA) is 19.6 Å². The Morgan fingerprint density at radius 1 is 0.275 bits per heavy atom. The normalized spacial score (nSPS) is 11.9. The standard InChI is InChI=1S/C66H56N2O/c1-65(2,3)53-20-16-26-58(42-53)67(55-22-12-8-13-23-55)57-32-30-46(31-33-57)50-37-49(45-18-10-7-11-19-45)38-51(39-50)47-28-29-48-40-62-61-35-34-60(44-64(61)69-63(62)41-52(48)36-47)68(56-24-14-9-15-25-56)59-27-17-21-54(43-59)66(4,5)6/h7-44H,1-6H3. The largest absolute Gasteiger partial charge is 0.456 e. The Kier molecular flexibility index (Phi) is 11.0. The van der Waals surface area contributed by atoms with Crippen LogP contribution in [0.15, 0.2) is 235 Å². The van der Waals surface area contributed by atoms with E-state index in [2.05, 4.69) is 282 Å². The van der Waals surface area contributed by atoms with Crippen LogP contribution in [0.1, 0.15) is 52.7 Å². The summed E-state index contributed by atoms with van der Waals surface area (Å²) in [6.07, 6.45) is 0. The Balaban J connectivity index is 0.970. The summed E-state index contributed by atoms with van der Waals surface area (Å²) in [6, 6.07) is 83.7. The number of hydrogen-bond donors (Lipinski definition) is 0. The smallest absolute Gasteiger partial charge is 0.137 e. The van der Waals surface area contributed by atoms with Gasteiger partial charge in [0.05, 0.1) is 0 Å². The second-order valence-electron chi connectivity index (χ2n) is 20.3. The van der Waals surface area contributed by atoms with Crippen LogP contribution in [0.3, 0.4) is 0 Å². The second-order valence-corrected chi connectivity index (χ2v) is 20.3. The minimum absolute atomic E-state index is 0.0223. The molecule has 0 saturated carbocycles. The van der Waals surface area contributed by atoms with Gasteiger partial charge in [-0.15, -0.1) is 0 Å². The van der Waals surface area contributed by atoms with Crippen molar-refractivity contribution in [3.63, 3.8) is 0 Å². The molecule has 69 heavy (non-hydrogen) atoms. The number of nitrogens with zero attached hydrogens (tertiary/aromatic N) is 2. The lowest BCUT2D eigenvalue weighted by atomic mass is 9.87. The van der Waals surface area contributed by atoms with Crippen molar-refractivity contribution in [1.29, 1.82) is 0 Å². The molecule has 0 bridgehead atoms. The Bertz CT molecular complexity index is 3610. The van der Waals surface area contributed by atoms with E-state index in [1.165, 1.54) is 27.6 Å². The zero-order valence-electron chi connectivity index (χ0n) is 40.2. The Morgan fingerprint density at radius 3 is 1.28 bits per heavy atom. The number of para-hydroxylation sites is 2. The number of rotatable bonds is 9. The van der Waals surface area contributed by atoms with E-state index in [9.17, 15) is 0 Å². The molecule has 1 heterocycles. The maximum absolute atomic E-state index is 6.77. The monoisotopic (exact) mass is 892 g/mol. The Morgan fingerprint density at radius 2 is 0.710 bits per heavy atom. The van der Waals surface area contributed by atoms with Gasteiger partial charge in [0.25, 0.3) is 0 Å². The molecule has 0 spiro atoms. The zero-order chi connectivity index (χ0) is 47.3. The van der Waals surface area contributed by atoms with E-state index in [-0.39, 0.29) is 10.8 Å². The van der Waals surface area contributed by atoms with Crippen molar-refractivity contribution in [2.45, 2.75) is 52.4 Å². The molecule has 336 valence electrons. The van der Waals surface area contributed by atoms with Crippen molar-refractivity contribution in [2.24, 2.45) is 0 Å². The van der Waals surface area contributed by atoms with Crippen LogP contribution in [0.4, 0.5) is 34.1 Å². The summed E-state index contributed by atoms with van der Waals surface area (Å²) in [6.45, 7) is 13.6. The minimum atomic E-state index is 0.0223. The van der Waals surface area contributed by atoms with E-state index in [1.807, 2.05) is 0 Å². The molecule has 0 N–H and O–H groups in total. The minimum Gasteiger partial charge on any atom is -0.456 e. The van der Waals surface area contributed by atoms with Crippen LogP contribution >= 0.6 is 0 Å². The van der Waals surface area contributed by atoms with Crippen LogP contribution in [0.2, 0.25) is 0 Å². The summed E-state index contributed by atoms with van der Waals surface area (Å²) in [5, 5.41) is 4.53. The van der Waals surface area contributed by atoms with E-state index < -0.39 is 0 Å². The van der Waals surface area contributed by atoms with Crippen LogP contribution in [-0.2, 0) is 10.8 Å². The summed E-state index contributed by atoms with van der Waals surface area (Å²) < 4.78 is 6.77. The van der Waals surface area contributed by atoms with Crippen molar-refractivity contribution < 1.29 is 4.42 Å². The fourth-order valence-corrected chi connectivity index (χ4v) is 9.66. The predicted molar refractivity (Wildman–Crippen MR) is 294 cm³/mol. The lowest BCUT2D eigenvalue weighted by Gasteiger charge is -2.28. The maximum Gasteiger partial charge on any atom is 0.137 e. The first-order valence-corrected chi connectivity index (χ1v) is 24.1. The lowest BCUT2D eigenvalue weighted by Crippen LogP contribution is -2.14. The average molecular weight is 893 g/mol. The molecule has 0 amide bonds. The van der Waals surface area contributed by atoms with Crippen LogP contribution in [0.25, 0.3) is 66.1 Å². The zero-order valence-corrected chi connectivity index (χ0v) is 40.2. The first-order valence-electron chi connectivity index (χ1n) is 24.1. The van der Waals surface area contributed by atoms with E-state index in [1.54, 1.807) is 0 Å². The number of fused-ring (bicyclic) bond motifs is 4. The van der Waals surface area contributed by atoms with Crippen molar-refractivity contribution >= 4 is 66.8 Å². The van der Waals surface area contributed by atoms with Gasteiger partial charge in [-0.1, -0.05) is 157 Å². The highest BCUT2D eigenvalue weighted by Gasteiger charge is 2.21. The number of anilines is 6. The predicted octanol–water partition coefficient (Wildman–Crippen LogP) is 19.3. The van der Waals surface area contributed by atoms with Crippen LogP contribution < -0.4 is 9.80 Å². The van der Waals surface area contributed by atoms with Gasteiger partial charge in [0.2, 0.25) is 0 Å².